The molecule has 0 aromatic heterocycles. The Bertz CT molecular complexity index is 542. The lowest BCUT2D eigenvalue weighted by molar-refractivity contribution is -0.144. The normalized spacial score (nSPS) is 17.8. The molecule has 0 bridgehead atoms. The van der Waals surface area contributed by atoms with E-state index in [4.69, 9.17) is 0 Å². The van der Waals surface area contributed by atoms with E-state index in [0.717, 1.165) is 31.4 Å². The van der Waals surface area contributed by atoms with Crippen LogP contribution in [-0.4, -0.2) is 40.2 Å². The Morgan fingerprint density at radius 1 is 1.21 bits per heavy atom. The van der Waals surface area contributed by atoms with E-state index in [1.165, 1.54) is 6.42 Å². The van der Waals surface area contributed by atoms with Crippen molar-refractivity contribution in [2.24, 2.45) is 0 Å². The van der Waals surface area contributed by atoms with E-state index < -0.39 is 0 Å². The molecular weight excluding hydrogens is 300 g/mol. The summed E-state index contributed by atoms with van der Waals surface area (Å²) in [5.41, 5.74) is 1.09. The molecule has 1 aromatic carbocycles. The second kappa shape index (κ2) is 8.86. The third kappa shape index (κ3) is 4.83. The van der Waals surface area contributed by atoms with E-state index in [1.807, 2.05) is 49.1 Å². The summed E-state index contributed by atoms with van der Waals surface area (Å²) < 4.78 is 0. The number of benzene rings is 1. The zero-order chi connectivity index (χ0) is 17.5. The molecule has 0 N–H and O–H groups in total. The van der Waals surface area contributed by atoms with Crippen LogP contribution >= 0.6 is 0 Å². The van der Waals surface area contributed by atoms with Gasteiger partial charge in [-0.25, -0.2) is 0 Å². The third-order valence-corrected chi connectivity index (χ3v) is 4.86. The maximum Gasteiger partial charge on any atom is 0.232 e. The molecule has 1 unspecified atom stereocenters. The van der Waals surface area contributed by atoms with Crippen LogP contribution < -0.4 is 0 Å². The Labute approximate surface area is 145 Å². The number of likely N-dealkylation sites (tertiary alicyclic amines) is 1. The first-order valence-corrected chi connectivity index (χ1v) is 9.15. The average Bonchev–Trinajstić information content (AvgIpc) is 2.60. The van der Waals surface area contributed by atoms with Crippen molar-refractivity contribution in [2.75, 3.05) is 6.54 Å². The smallest absolute Gasteiger partial charge is 0.232 e. The number of rotatable bonds is 6. The molecule has 0 saturated carbocycles. The molecule has 0 aliphatic carbocycles. The molecule has 2 rings (SSSR count). The summed E-state index contributed by atoms with van der Waals surface area (Å²) in [5.74, 6) is -0.0791. The predicted octanol–water partition coefficient (Wildman–Crippen LogP) is 3.60. The van der Waals surface area contributed by atoms with E-state index in [0.29, 0.717) is 12.6 Å². The van der Waals surface area contributed by atoms with E-state index in [1.54, 1.807) is 4.90 Å². The summed E-state index contributed by atoms with van der Waals surface area (Å²) in [6.07, 6.45) is 4.25. The Balaban J connectivity index is 2.00. The highest BCUT2D eigenvalue weighted by atomic mass is 16.2. The first kappa shape index (κ1) is 18.5. The van der Waals surface area contributed by atoms with E-state index in [2.05, 4.69) is 6.92 Å². The molecule has 1 aliphatic rings. The summed E-state index contributed by atoms with van der Waals surface area (Å²) >= 11 is 0. The number of carbonyl (C=O) groups excluding carboxylic acids is 2. The molecule has 1 fully saturated rings. The van der Waals surface area contributed by atoms with E-state index in [9.17, 15) is 9.59 Å². The minimum Gasteiger partial charge on any atom is -0.339 e. The van der Waals surface area contributed by atoms with Gasteiger partial charge in [0.25, 0.3) is 0 Å². The van der Waals surface area contributed by atoms with Gasteiger partial charge in [-0.05, 0) is 45.1 Å². The van der Waals surface area contributed by atoms with Crippen LogP contribution in [0.25, 0.3) is 0 Å². The molecule has 24 heavy (non-hydrogen) atoms. The molecule has 1 atom stereocenters. The summed E-state index contributed by atoms with van der Waals surface area (Å²) in [7, 11) is 0. The van der Waals surface area contributed by atoms with Gasteiger partial charge in [0.15, 0.2) is 0 Å². The molecule has 0 radical (unpaired) electrons. The van der Waals surface area contributed by atoms with Crippen LogP contribution in [0.1, 0.15) is 58.4 Å². The Kier molecular flexibility index (Phi) is 6.83. The highest BCUT2D eigenvalue weighted by Crippen LogP contribution is 2.21. The van der Waals surface area contributed by atoms with Gasteiger partial charge in [0.05, 0.1) is 0 Å². The third-order valence-electron chi connectivity index (χ3n) is 4.86. The molecule has 132 valence electrons. The van der Waals surface area contributed by atoms with Crippen molar-refractivity contribution < 1.29 is 9.59 Å². The SMILES string of the molecule is CCC1CCCCN1C(=O)CC(=O)N(Cc1ccccc1)C(C)C. The molecule has 1 heterocycles. The minimum atomic E-state index is -0.0701. The van der Waals surface area contributed by atoms with Crippen LogP contribution in [0.15, 0.2) is 30.3 Å². The van der Waals surface area contributed by atoms with Crippen molar-refractivity contribution in [2.45, 2.75) is 71.5 Å². The quantitative estimate of drug-likeness (QED) is 0.748. The van der Waals surface area contributed by atoms with Crippen molar-refractivity contribution >= 4 is 11.8 Å². The van der Waals surface area contributed by atoms with Gasteiger partial charge in [0.2, 0.25) is 11.8 Å². The summed E-state index contributed by atoms with van der Waals surface area (Å²) in [6.45, 7) is 7.48. The zero-order valence-corrected chi connectivity index (χ0v) is 15.2. The van der Waals surface area contributed by atoms with Gasteiger partial charge in [0, 0.05) is 25.2 Å². The molecule has 0 spiro atoms. The Morgan fingerprint density at radius 2 is 1.92 bits per heavy atom. The number of piperidine rings is 1. The van der Waals surface area contributed by atoms with Gasteiger partial charge >= 0.3 is 0 Å². The van der Waals surface area contributed by atoms with Crippen molar-refractivity contribution in [3.05, 3.63) is 35.9 Å². The molecule has 1 aliphatic heterocycles. The van der Waals surface area contributed by atoms with Crippen LogP contribution in [0.2, 0.25) is 0 Å². The molecule has 2 amide bonds. The monoisotopic (exact) mass is 330 g/mol. The number of nitrogens with zero attached hydrogens (tertiary/aromatic N) is 2. The van der Waals surface area contributed by atoms with E-state index >= 15 is 0 Å². The number of amides is 2. The van der Waals surface area contributed by atoms with Gasteiger partial charge in [0.1, 0.15) is 6.42 Å². The summed E-state index contributed by atoms with van der Waals surface area (Å²) in [4.78, 5) is 29.1. The maximum atomic E-state index is 12.7. The summed E-state index contributed by atoms with van der Waals surface area (Å²) in [6, 6.07) is 10.3. The fourth-order valence-corrected chi connectivity index (χ4v) is 3.42. The standard InChI is InChI=1S/C20H30N2O2/c1-4-18-12-8-9-13-21(18)19(23)14-20(24)22(16(2)3)15-17-10-6-5-7-11-17/h5-7,10-11,16,18H,4,8-9,12-15H2,1-3H3. The maximum absolute atomic E-state index is 12.7. The minimum absolute atomic E-state index is 0.00902. The van der Waals surface area contributed by atoms with Crippen molar-refractivity contribution in [1.29, 1.82) is 0 Å². The predicted molar refractivity (Wildman–Crippen MR) is 96.4 cm³/mol. The van der Waals surface area contributed by atoms with Gasteiger partial charge in [-0.15, -0.1) is 0 Å². The molecule has 1 aromatic rings. The van der Waals surface area contributed by atoms with Gasteiger partial charge < -0.3 is 9.80 Å². The van der Waals surface area contributed by atoms with Crippen LogP contribution in [0.5, 0.6) is 0 Å². The number of hydrogen-bond donors (Lipinski definition) is 0. The first-order chi connectivity index (χ1) is 11.5. The van der Waals surface area contributed by atoms with Crippen molar-refractivity contribution in [1.82, 2.24) is 9.80 Å². The molecule has 1 saturated heterocycles. The van der Waals surface area contributed by atoms with E-state index in [-0.39, 0.29) is 24.3 Å². The summed E-state index contributed by atoms with van der Waals surface area (Å²) in [5, 5.41) is 0. The lowest BCUT2D eigenvalue weighted by atomic mass is 9.99. The lowest BCUT2D eigenvalue weighted by Gasteiger charge is -2.36. The van der Waals surface area contributed by atoms with Gasteiger partial charge in [-0.3, -0.25) is 9.59 Å². The van der Waals surface area contributed by atoms with Gasteiger partial charge in [-0.2, -0.15) is 0 Å². The fourth-order valence-electron chi connectivity index (χ4n) is 3.42. The largest absolute Gasteiger partial charge is 0.339 e. The number of carbonyl (C=O) groups is 2. The highest BCUT2D eigenvalue weighted by Gasteiger charge is 2.28. The van der Waals surface area contributed by atoms with Crippen molar-refractivity contribution in [3.8, 4) is 0 Å². The van der Waals surface area contributed by atoms with Crippen LogP contribution in [0, 0.1) is 0 Å². The number of hydrogen-bond acceptors (Lipinski definition) is 2. The van der Waals surface area contributed by atoms with Crippen LogP contribution in [0.3, 0.4) is 0 Å². The van der Waals surface area contributed by atoms with Crippen LogP contribution in [-0.2, 0) is 16.1 Å². The highest BCUT2D eigenvalue weighted by molar-refractivity contribution is 5.97. The fraction of sp³-hybridized carbons (Fsp3) is 0.600. The Morgan fingerprint density at radius 3 is 2.54 bits per heavy atom. The molecule has 4 nitrogen and oxygen atoms in total. The van der Waals surface area contributed by atoms with Crippen LogP contribution in [0.4, 0.5) is 0 Å². The Hall–Kier alpha value is -1.84. The second-order valence-electron chi connectivity index (χ2n) is 6.92. The average molecular weight is 330 g/mol. The molecule has 4 heteroatoms. The van der Waals surface area contributed by atoms with Crippen molar-refractivity contribution in [3.63, 3.8) is 0 Å². The zero-order valence-electron chi connectivity index (χ0n) is 15.2. The lowest BCUT2D eigenvalue weighted by Crippen LogP contribution is -2.46. The van der Waals surface area contributed by atoms with Gasteiger partial charge in [-0.1, -0.05) is 37.3 Å². The first-order valence-electron chi connectivity index (χ1n) is 9.15. The molecular formula is C20H30N2O2. The topological polar surface area (TPSA) is 40.6 Å². The second-order valence-corrected chi connectivity index (χ2v) is 6.92.